The minimum atomic E-state index is -4.58. The van der Waals surface area contributed by atoms with Crippen molar-refractivity contribution in [1.82, 2.24) is 4.98 Å². The number of pyridine rings is 1. The molecule has 0 aliphatic rings. The van der Waals surface area contributed by atoms with Gasteiger partial charge in [0.15, 0.2) is 11.5 Å². The fourth-order valence-corrected chi connectivity index (χ4v) is 2.29. The minimum absolute atomic E-state index is 0.0412. The molecule has 140 valence electrons. The van der Waals surface area contributed by atoms with Crippen molar-refractivity contribution in [2.75, 3.05) is 6.61 Å². The quantitative estimate of drug-likeness (QED) is 0.722. The Hall–Kier alpha value is -2.48. The number of benzene rings is 1. The number of esters is 1. The number of ether oxygens (including phenoxy) is 2. The number of nitrogens with zero attached hydrogens (tertiary/aromatic N) is 1. The highest BCUT2D eigenvalue weighted by Crippen LogP contribution is 2.38. The molecule has 0 saturated heterocycles. The van der Waals surface area contributed by atoms with Gasteiger partial charge in [-0.2, -0.15) is 13.2 Å². The van der Waals surface area contributed by atoms with Crippen molar-refractivity contribution in [1.29, 1.82) is 0 Å². The van der Waals surface area contributed by atoms with Gasteiger partial charge >= 0.3 is 12.1 Å². The molecule has 5 nitrogen and oxygen atoms in total. The second-order valence-electron chi connectivity index (χ2n) is 5.18. The van der Waals surface area contributed by atoms with Crippen LogP contribution >= 0.6 is 11.6 Å². The topological polar surface area (TPSA) is 68.7 Å². The lowest BCUT2D eigenvalue weighted by Gasteiger charge is -2.12. The number of aromatic hydroxyl groups is 1. The summed E-state index contributed by atoms with van der Waals surface area (Å²) in [5.74, 6) is -0.988. The van der Waals surface area contributed by atoms with Crippen LogP contribution in [-0.2, 0) is 22.1 Å². The molecule has 1 heterocycles. The summed E-state index contributed by atoms with van der Waals surface area (Å²) in [6.45, 7) is 1.94. The van der Waals surface area contributed by atoms with Crippen molar-refractivity contribution >= 4 is 17.6 Å². The monoisotopic (exact) mass is 389 g/mol. The van der Waals surface area contributed by atoms with E-state index in [9.17, 15) is 23.1 Å². The normalized spacial score (nSPS) is 11.3. The van der Waals surface area contributed by atoms with Crippen molar-refractivity contribution in [3.63, 3.8) is 0 Å². The molecule has 0 radical (unpaired) electrons. The second kappa shape index (κ2) is 8.27. The second-order valence-corrected chi connectivity index (χ2v) is 5.59. The number of para-hydroxylation sites is 1. The predicted molar refractivity (Wildman–Crippen MR) is 87.4 cm³/mol. The third-order valence-corrected chi connectivity index (χ3v) is 3.60. The van der Waals surface area contributed by atoms with E-state index in [-0.39, 0.29) is 41.9 Å². The third-order valence-electron chi connectivity index (χ3n) is 3.33. The molecule has 2 rings (SSSR count). The van der Waals surface area contributed by atoms with E-state index in [2.05, 4.69) is 4.98 Å². The van der Waals surface area contributed by atoms with E-state index in [4.69, 9.17) is 21.1 Å². The lowest BCUT2D eigenvalue weighted by atomic mass is 10.1. The lowest BCUT2D eigenvalue weighted by molar-refractivity contribution is -0.143. The number of hydrogen-bond acceptors (Lipinski definition) is 5. The summed E-state index contributed by atoms with van der Waals surface area (Å²) >= 11 is 5.78. The van der Waals surface area contributed by atoms with Crippen LogP contribution in [0.5, 0.6) is 17.4 Å². The Balaban J connectivity index is 2.17. The molecular weight excluding hydrogens is 375 g/mol. The van der Waals surface area contributed by atoms with Gasteiger partial charge in [-0.05, 0) is 31.0 Å². The molecule has 0 saturated carbocycles. The van der Waals surface area contributed by atoms with Crippen LogP contribution in [0.1, 0.15) is 24.5 Å². The average molecular weight is 390 g/mol. The third kappa shape index (κ3) is 5.01. The highest BCUT2D eigenvalue weighted by Gasteiger charge is 2.32. The van der Waals surface area contributed by atoms with Crippen LogP contribution in [0.4, 0.5) is 13.2 Å². The van der Waals surface area contributed by atoms with Crippen LogP contribution in [0.15, 0.2) is 30.5 Å². The number of aromatic nitrogens is 1. The van der Waals surface area contributed by atoms with Crippen LogP contribution in [0.25, 0.3) is 0 Å². The van der Waals surface area contributed by atoms with Gasteiger partial charge in [0.05, 0.1) is 12.2 Å². The minimum Gasteiger partial charge on any atom is -0.504 e. The number of halogens is 4. The fourth-order valence-electron chi connectivity index (χ4n) is 2.08. The van der Waals surface area contributed by atoms with Crippen LogP contribution in [0.3, 0.4) is 0 Å². The molecule has 2 aromatic rings. The number of rotatable bonds is 6. The Morgan fingerprint density at radius 1 is 1.35 bits per heavy atom. The van der Waals surface area contributed by atoms with Crippen LogP contribution in [0.2, 0.25) is 5.02 Å². The summed E-state index contributed by atoms with van der Waals surface area (Å²) in [5, 5.41) is 9.89. The first kappa shape index (κ1) is 19.8. The van der Waals surface area contributed by atoms with Crippen molar-refractivity contribution in [2.24, 2.45) is 0 Å². The smallest absolute Gasteiger partial charge is 0.417 e. The SMILES string of the molecule is CCOC(=O)CCc1cccc(Oc2ncc(C(F)(F)F)cc2Cl)c1O. The number of phenolic OH excluding ortho intramolecular Hbond substituents is 1. The van der Waals surface area contributed by atoms with Gasteiger partial charge in [-0.3, -0.25) is 4.79 Å². The van der Waals surface area contributed by atoms with E-state index in [1.807, 2.05) is 0 Å². The van der Waals surface area contributed by atoms with Gasteiger partial charge in [-0.1, -0.05) is 23.7 Å². The van der Waals surface area contributed by atoms with Crippen molar-refractivity contribution in [2.45, 2.75) is 25.9 Å². The van der Waals surface area contributed by atoms with Crippen LogP contribution < -0.4 is 4.74 Å². The summed E-state index contributed by atoms with van der Waals surface area (Å²) in [7, 11) is 0. The first-order valence-electron chi connectivity index (χ1n) is 7.59. The largest absolute Gasteiger partial charge is 0.504 e. The van der Waals surface area contributed by atoms with E-state index >= 15 is 0 Å². The van der Waals surface area contributed by atoms with E-state index in [0.29, 0.717) is 17.8 Å². The van der Waals surface area contributed by atoms with E-state index in [0.717, 1.165) is 0 Å². The molecule has 0 amide bonds. The van der Waals surface area contributed by atoms with E-state index in [1.165, 1.54) is 6.07 Å². The molecule has 0 bridgehead atoms. The Morgan fingerprint density at radius 2 is 2.08 bits per heavy atom. The van der Waals surface area contributed by atoms with E-state index in [1.54, 1.807) is 19.1 Å². The van der Waals surface area contributed by atoms with Gasteiger partial charge in [0, 0.05) is 12.6 Å². The number of alkyl halides is 3. The molecule has 26 heavy (non-hydrogen) atoms. The van der Waals surface area contributed by atoms with Crippen molar-refractivity contribution in [3.05, 3.63) is 46.6 Å². The first-order chi connectivity index (χ1) is 12.2. The van der Waals surface area contributed by atoms with Crippen molar-refractivity contribution < 1.29 is 32.5 Å². The fraction of sp³-hybridized carbons (Fsp3) is 0.294. The molecule has 0 aliphatic heterocycles. The summed E-state index contributed by atoms with van der Waals surface area (Å²) in [6, 6.07) is 5.24. The molecule has 0 atom stereocenters. The zero-order valence-electron chi connectivity index (χ0n) is 13.6. The van der Waals surface area contributed by atoms with Crippen molar-refractivity contribution in [3.8, 4) is 17.4 Å². The predicted octanol–water partition coefficient (Wildman–Crippen LogP) is 4.75. The van der Waals surface area contributed by atoms with Gasteiger partial charge in [-0.25, -0.2) is 4.98 Å². The maximum Gasteiger partial charge on any atom is 0.417 e. The zero-order chi connectivity index (χ0) is 19.3. The Morgan fingerprint density at radius 3 is 2.69 bits per heavy atom. The number of aryl methyl sites for hydroxylation is 1. The number of phenols is 1. The summed E-state index contributed by atoms with van der Waals surface area (Å²) in [6.07, 6.45) is -3.73. The molecule has 0 fully saturated rings. The number of hydrogen-bond donors (Lipinski definition) is 1. The van der Waals surface area contributed by atoms with Crippen LogP contribution in [0, 0.1) is 0 Å². The molecule has 0 spiro atoms. The molecule has 1 N–H and O–H groups in total. The zero-order valence-corrected chi connectivity index (χ0v) is 14.4. The van der Waals surface area contributed by atoms with Gasteiger partial charge in [-0.15, -0.1) is 0 Å². The molecule has 1 aromatic carbocycles. The molecule has 0 unspecified atom stereocenters. The lowest BCUT2D eigenvalue weighted by Crippen LogP contribution is -2.06. The number of carbonyl (C=O) groups excluding carboxylic acids is 1. The van der Waals surface area contributed by atoms with Gasteiger partial charge in [0.25, 0.3) is 0 Å². The summed E-state index contributed by atoms with van der Waals surface area (Å²) in [5.41, 5.74) is -0.596. The summed E-state index contributed by atoms with van der Waals surface area (Å²) in [4.78, 5) is 15.0. The highest BCUT2D eigenvalue weighted by atomic mass is 35.5. The Labute approximate surface area is 152 Å². The Bertz CT molecular complexity index is 796. The molecule has 9 heteroatoms. The molecule has 0 aliphatic carbocycles. The standard InChI is InChI=1S/C17H15ClF3NO4/c1-2-25-14(23)7-6-10-4-3-5-13(15(10)24)26-16-12(18)8-11(9-22-16)17(19,20)21/h3-5,8-9,24H,2,6-7H2,1H3. The Kier molecular flexibility index (Phi) is 6.31. The van der Waals surface area contributed by atoms with Gasteiger partial charge < -0.3 is 14.6 Å². The van der Waals surface area contributed by atoms with E-state index < -0.39 is 17.7 Å². The average Bonchev–Trinajstić information content (AvgIpc) is 2.56. The van der Waals surface area contributed by atoms with Gasteiger partial charge in [0.2, 0.25) is 5.88 Å². The maximum absolute atomic E-state index is 12.6. The highest BCUT2D eigenvalue weighted by molar-refractivity contribution is 6.31. The first-order valence-corrected chi connectivity index (χ1v) is 7.97. The molecular formula is C17H15ClF3NO4. The van der Waals surface area contributed by atoms with Gasteiger partial charge in [0.1, 0.15) is 5.02 Å². The molecule has 1 aromatic heterocycles. The number of carbonyl (C=O) groups is 1. The van der Waals surface area contributed by atoms with Crippen LogP contribution in [-0.4, -0.2) is 22.7 Å². The maximum atomic E-state index is 12.6. The summed E-state index contributed by atoms with van der Waals surface area (Å²) < 4.78 is 48.0.